The summed E-state index contributed by atoms with van der Waals surface area (Å²) in [6.45, 7) is 4.46. The molecule has 1 aliphatic heterocycles. The van der Waals surface area contributed by atoms with Gasteiger partial charge in [-0.25, -0.2) is 0 Å². The van der Waals surface area contributed by atoms with Gasteiger partial charge in [-0.15, -0.1) is 0 Å². The van der Waals surface area contributed by atoms with Gasteiger partial charge >= 0.3 is 0 Å². The number of aryl methyl sites for hydroxylation is 2. The minimum atomic E-state index is 0.00715. The first kappa shape index (κ1) is 13.9. The Kier molecular flexibility index (Phi) is 3.77. The maximum atomic E-state index is 12.5. The summed E-state index contributed by atoms with van der Waals surface area (Å²) in [7, 11) is 0. The summed E-state index contributed by atoms with van der Waals surface area (Å²) in [6.07, 6.45) is 3.29. The van der Waals surface area contributed by atoms with Crippen molar-refractivity contribution in [2.45, 2.75) is 45.6 Å². The zero-order valence-corrected chi connectivity index (χ0v) is 12.3. The quantitative estimate of drug-likeness (QED) is 0.868. The molecule has 0 spiro atoms. The normalized spacial score (nSPS) is 19.0. The number of amides is 1. The summed E-state index contributed by atoms with van der Waals surface area (Å²) >= 11 is 0. The van der Waals surface area contributed by atoms with Gasteiger partial charge in [0, 0.05) is 18.7 Å². The van der Waals surface area contributed by atoms with Crippen molar-refractivity contribution in [2.75, 3.05) is 6.54 Å². The smallest absolute Gasteiger partial charge is 0.230 e. The van der Waals surface area contributed by atoms with Gasteiger partial charge in [-0.1, -0.05) is 10.3 Å². The first-order valence-corrected chi connectivity index (χ1v) is 7.28. The Morgan fingerprint density at radius 1 is 1.29 bits per heavy atom. The standard InChI is InChI=1S/C15H19N3O3/c1-10-7-12(21-16-10)9-15(19)18-6-4-3-5-14(18)13-8-11(2)20-17-13/h7-8,14H,3-6,9H2,1-2H3/t14-/m0/s1. The highest BCUT2D eigenvalue weighted by Gasteiger charge is 2.30. The van der Waals surface area contributed by atoms with Crippen LogP contribution >= 0.6 is 0 Å². The molecule has 1 amide bonds. The Bertz CT molecular complexity index is 632. The molecule has 0 N–H and O–H groups in total. The molecule has 112 valence electrons. The lowest BCUT2D eigenvalue weighted by atomic mass is 9.98. The summed E-state index contributed by atoms with van der Waals surface area (Å²) in [5.41, 5.74) is 1.63. The molecule has 6 nitrogen and oxygen atoms in total. The van der Waals surface area contributed by atoms with Crippen LogP contribution in [0.5, 0.6) is 0 Å². The van der Waals surface area contributed by atoms with Crippen LogP contribution in [0.2, 0.25) is 0 Å². The third-order valence-corrected chi connectivity index (χ3v) is 3.81. The van der Waals surface area contributed by atoms with Crippen molar-refractivity contribution in [1.29, 1.82) is 0 Å². The molecule has 0 saturated carbocycles. The van der Waals surface area contributed by atoms with E-state index in [1.54, 1.807) is 6.07 Å². The number of hydrogen-bond donors (Lipinski definition) is 0. The zero-order chi connectivity index (χ0) is 14.8. The zero-order valence-electron chi connectivity index (χ0n) is 12.3. The lowest BCUT2D eigenvalue weighted by Crippen LogP contribution is -2.39. The number of aromatic nitrogens is 2. The highest BCUT2D eigenvalue weighted by atomic mass is 16.5. The maximum absolute atomic E-state index is 12.5. The van der Waals surface area contributed by atoms with Crippen molar-refractivity contribution in [3.8, 4) is 0 Å². The Hall–Kier alpha value is -2.11. The van der Waals surface area contributed by atoms with Crippen molar-refractivity contribution in [3.63, 3.8) is 0 Å². The number of piperidine rings is 1. The molecule has 0 bridgehead atoms. The Morgan fingerprint density at radius 2 is 2.14 bits per heavy atom. The fourth-order valence-electron chi connectivity index (χ4n) is 2.83. The molecule has 1 fully saturated rings. The van der Waals surface area contributed by atoms with Crippen LogP contribution in [0.1, 0.15) is 48.2 Å². The van der Waals surface area contributed by atoms with Gasteiger partial charge < -0.3 is 13.9 Å². The summed E-state index contributed by atoms with van der Waals surface area (Å²) in [4.78, 5) is 14.4. The number of rotatable bonds is 3. The fraction of sp³-hybridized carbons (Fsp3) is 0.533. The van der Waals surface area contributed by atoms with Gasteiger partial charge in [0.15, 0.2) is 0 Å². The van der Waals surface area contributed by atoms with Crippen molar-refractivity contribution in [3.05, 3.63) is 35.0 Å². The summed E-state index contributed by atoms with van der Waals surface area (Å²) in [5, 5.41) is 7.90. The number of hydrogen-bond acceptors (Lipinski definition) is 5. The van der Waals surface area contributed by atoms with E-state index in [0.717, 1.165) is 43.0 Å². The minimum absolute atomic E-state index is 0.00715. The molecular formula is C15H19N3O3. The van der Waals surface area contributed by atoms with E-state index in [1.165, 1.54) is 0 Å². The lowest BCUT2D eigenvalue weighted by molar-refractivity contribution is -0.134. The first-order valence-electron chi connectivity index (χ1n) is 7.28. The highest BCUT2D eigenvalue weighted by Crippen LogP contribution is 2.31. The van der Waals surface area contributed by atoms with E-state index >= 15 is 0 Å². The SMILES string of the molecule is Cc1cc(CC(=O)N2CCCC[C@H]2c2cc(C)on2)on1. The molecule has 0 aliphatic carbocycles. The van der Waals surface area contributed by atoms with Crippen LogP contribution in [-0.2, 0) is 11.2 Å². The topological polar surface area (TPSA) is 72.4 Å². The van der Waals surface area contributed by atoms with Gasteiger partial charge in [0.25, 0.3) is 0 Å². The molecule has 0 aromatic carbocycles. The predicted molar refractivity (Wildman–Crippen MR) is 74.5 cm³/mol. The minimum Gasteiger partial charge on any atom is -0.361 e. The van der Waals surface area contributed by atoms with E-state index in [0.29, 0.717) is 5.76 Å². The second-order valence-corrected chi connectivity index (χ2v) is 5.57. The molecule has 3 heterocycles. The van der Waals surface area contributed by atoms with E-state index in [4.69, 9.17) is 9.05 Å². The molecule has 0 unspecified atom stereocenters. The van der Waals surface area contributed by atoms with Crippen LogP contribution < -0.4 is 0 Å². The second-order valence-electron chi connectivity index (χ2n) is 5.57. The Morgan fingerprint density at radius 3 is 2.81 bits per heavy atom. The van der Waals surface area contributed by atoms with Crippen molar-refractivity contribution in [2.24, 2.45) is 0 Å². The predicted octanol–water partition coefficient (Wildman–Crippen LogP) is 2.58. The van der Waals surface area contributed by atoms with E-state index in [2.05, 4.69) is 10.3 Å². The van der Waals surface area contributed by atoms with Crippen LogP contribution in [0.15, 0.2) is 21.2 Å². The molecule has 2 aromatic rings. The van der Waals surface area contributed by atoms with Gasteiger partial charge in [0.1, 0.15) is 17.2 Å². The van der Waals surface area contributed by atoms with E-state index < -0.39 is 0 Å². The molecule has 1 atom stereocenters. The monoisotopic (exact) mass is 289 g/mol. The molecule has 2 aromatic heterocycles. The Labute approximate surface area is 123 Å². The van der Waals surface area contributed by atoms with Gasteiger partial charge in [-0.05, 0) is 33.1 Å². The molecule has 1 aliphatic rings. The average molecular weight is 289 g/mol. The van der Waals surface area contributed by atoms with Crippen molar-refractivity contribution < 1.29 is 13.8 Å². The van der Waals surface area contributed by atoms with Crippen LogP contribution in [0.4, 0.5) is 0 Å². The Balaban J connectivity index is 1.75. The fourth-order valence-corrected chi connectivity index (χ4v) is 2.83. The molecular weight excluding hydrogens is 270 g/mol. The van der Waals surface area contributed by atoms with E-state index in [9.17, 15) is 4.79 Å². The average Bonchev–Trinajstić information content (AvgIpc) is 3.07. The third kappa shape index (κ3) is 2.99. The molecule has 0 radical (unpaired) electrons. The number of carbonyl (C=O) groups excluding carboxylic acids is 1. The first-order chi connectivity index (χ1) is 10.1. The van der Waals surface area contributed by atoms with E-state index in [1.807, 2.05) is 24.8 Å². The highest BCUT2D eigenvalue weighted by molar-refractivity contribution is 5.78. The van der Waals surface area contributed by atoms with Gasteiger partial charge in [0.2, 0.25) is 5.91 Å². The van der Waals surface area contributed by atoms with E-state index in [-0.39, 0.29) is 18.4 Å². The van der Waals surface area contributed by atoms with Crippen molar-refractivity contribution >= 4 is 5.91 Å². The lowest BCUT2D eigenvalue weighted by Gasteiger charge is -2.34. The number of likely N-dealkylation sites (tertiary alicyclic amines) is 1. The maximum Gasteiger partial charge on any atom is 0.230 e. The second kappa shape index (κ2) is 5.71. The molecule has 21 heavy (non-hydrogen) atoms. The molecule has 6 heteroatoms. The summed E-state index contributed by atoms with van der Waals surface area (Å²) < 4.78 is 10.3. The molecule has 1 saturated heterocycles. The van der Waals surface area contributed by atoms with Crippen LogP contribution in [0.3, 0.4) is 0 Å². The summed E-state index contributed by atoms with van der Waals surface area (Å²) in [5.74, 6) is 1.43. The number of carbonyl (C=O) groups is 1. The van der Waals surface area contributed by atoms with Crippen molar-refractivity contribution in [1.82, 2.24) is 15.2 Å². The van der Waals surface area contributed by atoms with Crippen LogP contribution in [0, 0.1) is 13.8 Å². The third-order valence-electron chi connectivity index (χ3n) is 3.81. The number of nitrogens with zero attached hydrogens (tertiary/aromatic N) is 3. The largest absolute Gasteiger partial charge is 0.361 e. The summed E-state index contributed by atoms with van der Waals surface area (Å²) in [6, 6.07) is 3.72. The van der Waals surface area contributed by atoms with Crippen LogP contribution in [0.25, 0.3) is 0 Å². The van der Waals surface area contributed by atoms with Crippen LogP contribution in [-0.4, -0.2) is 27.7 Å². The van der Waals surface area contributed by atoms with Gasteiger partial charge in [-0.3, -0.25) is 4.79 Å². The van der Waals surface area contributed by atoms with Gasteiger partial charge in [-0.2, -0.15) is 0 Å². The molecule has 3 rings (SSSR count). The van der Waals surface area contributed by atoms with Gasteiger partial charge in [0.05, 0.1) is 18.2 Å².